The summed E-state index contributed by atoms with van der Waals surface area (Å²) in [5, 5.41) is 8.99. The second kappa shape index (κ2) is 4.11. The van der Waals surface area contributed by atoms with Gasteiger partial charge in [0.1, 0.15) is 0 Å². The Morgan fingerprint density at radius 2 is 1.80 bits per heavy atom. The van der Waals surface area contributed by atoms with Crippen LogP contribution in [0.1, 0.15) is 5.56 Å². The minimum Gasteiger partial charge on any atom is -0.399 e. The Balaban J connectivity index is 2.40. The van der Waals surface area contributed by atoms with Crippen LogP contribution in [0.15, 0.2) is 42.7 Å². The predicted octanol–water partition coefficient (Wildman–Crippen LogP) is 1.82. The maximum atomic E-state index is 8.99. The van der Waals surface area contributed by atoms with Crippen molar-refractivity contribution in [2.75, 3.05) is 5.73 Å². The molecule has 0 bridgehead atoms. The molecular weight excluding hydrogens is 188 g/mol. The number of aliphatic hydroxyl groups is 1. The number of benzene rings is 1. The number of aliphatic hydroxyl groups excluding tert-OH is 1. The molecule has 15 heavy (non-hydrogen) atoms. The van der Waals surface area contributed by atoms with Crippen LogP contribution in [-0.4, -0.2) is 10.1 Å². The second-order valence-electron chi connectivity index (χ2n) is 3.36. The molecule has 0 amide bonds. The van der Waals surface area contributed by atoms with Gasteiger partial charge in [-0.15, -0.1) is 0 Å². The summed E-state index contributed by atoms with van der Waals surface area (Å²) >= 11 is 0. The smallest absolute Gasteiger partial charge is 0.0697 e. The summed E-state index contributed by atoms with van der Waals surface area (Å²) in [6.07, 6.45) is 3.42. The van der Waals surface area contributed by atoms with E-state index in [1.807, 2.05) is 30.3 Å². The number of nitrogens with two attached hydrogens (primary N) is 1. The SMILES string of the molecule is Nc1ccc(-c2cncc(CO)c2)cc1. The van der Waals surface area contributed by atoms with Crippen LogP contribution in [0.25, 0.3) is 11.1 Å². The molecular formula is C12H12N2O. The maximum Gasteiger partial charge on any atom is 0.0697 e. The van der Waals surface area contributed by atoms with E-state index in [-0.39, 0.29) is 6.61 Å². The van der Waals surface area contributed by atoms with Crippen LogP contribution in [0.3, 0.4) is 0 Å². The molecule has 0 fully saturated rings. The molecule has 1 aromatic carbocycles. The van der Waals surface area contributed by atoms with E-state index < -0.39 is 0 Å². The van der Waals surface area contributed by atoms with Crippen molar-refractivity contribution in [3.8, 4) is 11.1 Å². The molecule has 0 saturated carbocycles. The van der Waals surface area contributed by atoms with Crippen LogP contribution in [0.2, 0.25) is 0 Å². The molecule has 3 heteroatoms. The van der Waals surface area contributed by atoms with E-state index in [4.69, 9.17) is 10.8 Å². The Morgan fingerprint density at radius 3 is 2.47 bits per heavy atom. The molecule has 2 rings (SSSR count). The van der Waals surface area contributed by atoms with Crippen LogP contribution in [0, 0.1) is 0 Å². The number of aromatic nitrogens is 1. The normalized spacial score (nSPS) is 10.2. The third-order valence-electron chi connectivity index (χ3n) is 2.22. The Bertz CT molecular complexity index is 451. The van der Waals surface area contributed by atoms with Crippen molar-refractivity contribution in [1.82, 2.24) is 4.98 Å². The molecule has 0 aliphatic carbocycles. The molecule has 0 aliphatic rings. The molecule has 0 saturated heterocycles. The lowest BCUT2D eigenvalue weighted by Gasteiger charge is -2.03. The molecule has 0 spiro atoms. The molecule has 76 valence electrons. The number of anilines is 1. The van der Waals surface area contributed by atoms with Gasteiger partial charge in [-0.05, 0) is 29.3 Å². The Hall–Kier alpha value is -1.87. The van der Waals surface area contributed by atoms with Crippen molar-refractivity contribution in [1.29, 1.82) is 0 Å². The lowest BCUT2D eigenvalue weighted by atomic mass is 10.1. The zero-order valence-corrected chi connectivity index (χ0v) is 8.22. The lowest BCUT2D eigenvalue weighted by molar-refractivity contribution is 0.281. The minimum atomic E-state index is 0.00973. The molecule has 0 atom stereocenters. The van der Waals surface area contributed by atoms with E-state index >= 15 is 0 Å². The average molecular weight is 200 g/mol. The topological polar surface area (TPSA) is 59.1 Å². The standard InChI is InChI=1S/C12H12N2O/c13-12-3-1-10(2-4-12)11-5-9(8-15)6-14-7-11/h1-7,15H,8,13H2. The van der Waals surface area contributed by atoms with Crippen LogP contribution < -0.4 is 5.73 Å². The third kappa shape index (κ3) is 2.14. The summed E-state index contributed by atoms with van der Waals surface area (Å²) in [5.41, 5.74) is 9.19. The number of hydrogen-bond donors (Lipinski definition) is 2. The van der Waals surface area contributed by atoms with E-state index in [1.165, 1.54) is 0 Å². The summed E-state index contributed by atoms with van der Waals surface area (Å²) in [4.78, 5) is 4.06. The van der Waals surface area contributed by atoms with Crippen molar-refractivity contribution < 1.29 is 5.11 Å². The number of nitrogens with zero attached hydrogens (tertiary/aromatic N) is 1. The highest BCUT2D eigenvalue weighted by atomic mass is 16.3. The summed E-state index contributed by atoms with van der Waals surface area (Å²) in [6.45, 7) is 0.00973. The molecule has 1 heterocycles. The Morgan fingerprint density at radius 1 is 1.07 bits per heavy atom. The van der Waals surface area contributed by atoms with Crippen LogP contribution in [0.5, 0.6) is 0 Å². The molecule has 3 N–H and O–H groups in total. The van der Waals surface area contributed by atoms with Gasteiger partial charge in [-0.1, -0.05) is 12.1 Å². The van der Waals surface area contributed by atoms with Crippen LogP contribution in [0.4, 0.5) is 5.69 Å². The summed E-state index contributed by atoms with van der Waals surface area (Å²) < 4.78 is 0. The van der Waals surface area contributed by atoms with Gasteiger partial charge in [0.25, 0.3) is 0 Å². The highest BCUT2D eigenvalue weighted by Gasteiger charge is 1.99. The number of pyridine rings is 1. The molecule has 0 radical (unpaired) electrons. The highest BCUT2D eigenvalue weighted by molar-refractivity contribution is 5.65. The first-order valence-corrected chi connectivity index (χ1v) is 4.70. The van der Waals surface area contributed by atoms with Crippen LogP contribution in [-0.2, 0) is 6.61 Å². The summed E-state index contributed by atoms with van der Waals surface area (Å²) in [7, 11) is 0. The summed E-state index contributed by atoms with van der Waals surface area (Å²) in [5.74, 6) is 0. The maximum absolute atomic E-state index is 8.99. The fourth-order valence-corrected chi connectivity index (χ4v) is 1.41. The van der Waals surface area contributed by atoms with E-state index in [2.05, 4.69) is 4.98 Å². The van der Waals surface area contributed by atoms with Gasteiger partial charge in [0.2, 0.25) is 0 Å². The zero-order chi connectivity index (χ0) is 10.7. The van der Waals surface area contributed by atoms with Crippen LogP contribution >= 0.6 is 0 Å². The van der Waals surface area contributed by atoms with Crippen molar-refractivity contribution >= 4 is 5.69 Å². The lowest BCUT2D eigenvalue weighted by Crippen LogP contribution is -1.88. The monoisotopic (exact) mass is 200 g/mol. The number of rotatable bonds is 2. The van der Waals surface area contributed by atoms with Gasteiger partial charge in [0.15, 0.2) is 0 Å². The minimum absolute atomic E-state index is 0.00973. The second-order valence-corrected chi connectivity index (χ2v) is 3.36. The quantitative estimate of drug-likeness (QED) is 0.727. The van der Waals surface area contributed by atoms with Gasteiger partial charge < -0.3 is 10.8 Å². The first-order chi connectivity index (χ1) is 7.29. The fourth-order valence-electron chi connectivity index (χ4n) is 1.41. The molecule has 0 aliphatic heterocycles. The van der Waals surface area contributed by atoms with Crippen molar-refractivity contribution in [2.24, 2.45) is 0 Å². The van der Waals surface area contributed by atoms with Gasteiger partial charge in [0, 0.05) is 23.6 Å². The Kier molecular flexibility index (Phi) is 2.65. The first-order valence-electron chi connectivity index (χ1n) is 4.70. The number of hydrogen-bond acceptors (Lipinski definition) is 3. The van der Waals surface area contributed by atoms with Crippen molar-refractivity contribution in [2.45, 2.75) is 6.61 Å². The molecule has 2 aromatic rings. The number of nitrogen functional groups attached to an aromatic ring is 1. The fraction of sp³-hybridized carbons (Fsp3) is 0.0833. The third-order valence-corrected chi connectivity index (χ3v) is 2.22. The van der Waals surface area contributed by atoms with E-state index in [9.17, 15) is 0 Å². The molecule has 1 aromatic heterocycles. The molecule has 0 unspecified atom stereocenters. The van der Waals surface area contributed by atoms with Gasteiger partial charge in [0.05, 0.1) is 6.61 Å². The highest BCUT2D eigenvalue weighted by Crippen LogP contribution is 2.20. The predicted molar refractivity (Wildman–Crippen MR) is 60.0 cm³/mol. The van der Waals surface area contributed by atoms with E-state index in [0.717, 1.165) is 22.4 Å². The van der Waals surface area contributed by atoms with E-state index in [0.29, 0.717) is 0 Å². The van der Waals surface area contributed by atoms with Crippen molar-refractivity contribution in [3.05, 3.63) is 48.3 Å². The molecule has 3 nitrogen and oxygen atoms in total. The van der Waals surface area contributed by atoms with Gasteiger partial charge in [-0.3, -0.25) is 4.98 Å². The Labute approximate surface area is 88.2 Å². The average Bonchev–Trinajstić information content (AvgIpc) is 2.30. The summed E-state index contributed by atoms with van der Waals surface area (Å²) in [6, 6.07) is 9.49. The van der Waals surface area contributed by atoms with E-state index in [1.54, 1.807) is 12.4 Å². The zero-order valence-electron chi connectivity index (χ0n) is 8.22. The van der Waals surface area contributed by atoms with Gasteiger partial charge in [-0.2, -0.15) is 0 Å². The van der Waals surface area contributed by atoms with Gasteiger partial charge >= 0.3 is 0 Å². The van der Waals surface area contributed by atoms with Crippen molar-refractivity contribution in [3.63, 3.8) is 0 Å². The first kappa shape index (κ1) is 9.68. The largest absolute Gasteiger partial charge is 0.399 e. The van der Waals surface area contributed by atoms with Gasteiger partial charge in [-0.25, -0.2) is 0 Å².